The molecular formula is C15H15ClN6O. The smallest absolute Gasteiger partial charge is 0.224 e. The van der Waals surface area contributed by atoms with Crippen LogP contribution in [0.15, 0.2) is 36.7 Å². The van der Waals surface area contributed by atoms with E-state index in [-0.39, 0.29) is 5.28 Å². The van der Waals surface area contributed by atoms with Crippen molar-refractivity contribution in [2.45, 2.75) is 12.8 Å². The van der Waals surface area contributed by atoms with E-state index in [1.165, 1.54) is 0 Å². The van der Waals surface area contributed by atoms with Gasteiger partial charge in [0.15, 0.2) is 0 Å². The first kappa shape index (κ1) is 15.2. The largest absolute Gasteiger partial charge is 0.497 e. The lowest BCUT2D eigenvalue weighted by Crippen LogP contribution is -1.95. The fraction of sp³-hybridized carbons (Fsp3) is 0.200. The van der Waals surface area contributed by atoms with Crippen LogP contribution >= 0.6 is 11.6 Å². The highest BCUT2D eigenvalue weighted by Gasteiger charge is 2.05. The maximum atomic E-state index is 5.75. The van der Waals surface area contributed by atoms with Crippen LogP contribution in [0.2, 0.25) is 5.28 Å². The average Bonchev–Trinajstić information content (AvgIpc) is 3.00. The molecular weight excluding hydrogens is 316 g/mol. The van der Waals surface area contributed by atoms with Crippen molar-refractivity contribution in [3.05, 3.63) is 53.3 Å². The van der Waals surface area contributed by atoms with Gasteiger partial charge in [-0.3, -0.25) is 10.1 Å². The summed E-state index contributed by atoms with van der Waals surface area (Å²) < 4.78 is 5.19. The topological polar surface area (TPSA) is 88.6 Å². The van der Waals surface area contributed by atoms with Crippen LogP contribution in [0.3, 0.4) is 0 Å². The molecule has 0 fully saturated rings. The number of rotatable bonds is 6. The number of hydrogen-bond donors (Lipinski definition) is 2. The Balaban J connectivity index is 1.60. The number of aromatic nitrogens is 5. The van der Waals surface area contributed by atoms with Crippen LogP contribution in [-0.4, -0.2) is 32.3 Å². The number of nitrogens with zero attached hydrogens (tertiary/aromatic N) is 4. The van der Waals surface area contributed by atoms with Crippen LogP contribution in [-0.2, 0) is 12.8 Å². The van der Waals surface area contributed by atoms with E-state index < -0.39 is 0 Å². The third kappa shape index (κ3) is 4.17. The molecule has 0 bridgehead atoms. The third-order valence-electron chi connectivity index (χ3n) is 3.18. The van der Waals surface area contributed by atoms with Gasteiger partial charge in [0, 0.05) is 30.2 Å². The fourth-order valence-corrected chi connectivity index (χ4v) is 2.22. The molecule has 3 aromatic heterocycles. The number of hydrogen-bond acceptors (Lipinski definition) is 6. The van der Waals surface area contributed by atoms with Crippen molar-refractivity contribution in [1.82, 2.24) is 25.1 Å². The van der Waals surface area contributed by atoms with Crippen LogP contribution in [0.5, 0.6) is 5.75 Å². The molecule has 0 atom stereocenters. The Hall–Kier alpha value is -2.67. The van der Waals surface area contributed by atoms with E-state index in [0.29, 0.717) is 5.82 Å². The molecule has 0 aliphatic rings. The van der Waals surface area contributed by atoms with E-state index in [2.05, 4.69) is 30.5 Å². The molecule has 8 heteroatoms. The molecule has 0 radical (unpaired) electrons. The van der Waals surface area contributed by atoms with E-state index in [0.717, 1.165) is 35.8 Å². The zero-order valence-electron chi connectivity index (χ0n) is 12.5. The summed E-state index contributed by atoms with van der Waals surface area (Å²) in [6.45, 7) is 0. The molecule has 2 N–H and O–H groups in total. The molecule has 3 rings (SSSR count). The minimum absolute atomic E-state index is 0.193. The second-order valence-electron chi connectivity index (χ2n) is 4.80. The molecule has 3 heterocycles. The first-order chi connectivity index (χ1) is 11.2. The highest BCUT2D eigenvalue weighted by Crippen LogP contribution is 2.16. The zero-order chi connectivity index (χ0) is 16.1. The summed E-state index contributed by atoms with van der Waals surface area (Å²) >= 11 is 5.75. The van der Waals surface area contributed by atoms with Gasteiger partial charge in [-0.05, 0) is 36.6 Å². The van der Waals surface area contributed by atoms with Gasteiger partial charge in [-0.2, -0.15) is 5.10 Å². The SMILES string of the molecule is COc1ccnc(CCc2cc(Nc3ccnc(Cl)n3)[nH]n2)c1. The van der Waals surface area contributed by atoms with Crippen molar-refractivity contribution in [3.63, 3.8) is 0 Å². The highest BCUT2D eigenvalue weighted by atomic mass is 35.5. The molecule has 0 saturated heterocycles. The predicted molar refractivity (Wildman–Crippen MR) is 87.1 cm³/mol. The van der Waals surface area contributed by atoms with Crippen molar-refractivity contribution in [2.24, 2.45) is 0 Å². The van der Waals surface area contributed by atoms with Gasteiger partial charge in [0.1, 0.15) is 17.4 Å². The molecule has 0 aliphatic carbocycles. The van der Waals surface area contributed by atoms with Crippen molar-refractivity contribution in [1.29, 1.82) is 0 Å². The Morgan fingerprint density at radius 1 is 1.13 bits per heavy atom. The second kappa shape index (κ2) is 7.06. The van der Waals surface area contributed by atoms with Gasteiger partial charge in [-0.25, -0.2) is 9.97 Å². The number of ether oxygens (including phenoxy) is 1. The molecule has 3 aromatic rings. The number of H-pyrrole nitrogens is 1. The van der Waals surface area contributed by atoms with Crippen LogP contribution in [0.4, 0.5) is 11.6 Å². The summed E-state index contributed by atoms with van der Waals surface area (Å²) in [5.74, 6) is 2.16. The molecule has 0 aliphatic heterocycles. The lowest BCUT2D eigenvalue weighted by atomic mass is 10.2. The molecule has 0 spiro atoms. The van der Waals surface area contributed by atoms with E-state index in [4.69, 9.17) is 16.3 Å². The van der Waals surface area contributed by atoms with Crippen LogP contribution in [0.25, 0.3) is 0 Å². The van der Waals surface area contributed by atoms with Crippen LogP contribution in [0, 0.1) is 0 Å². The van der Waals surface area contributed by atoms with E-state index in [1.54, 1.807) is 25.6 Å². The minimum atomic E-state index is 0.193. The molecule has 0 aromatic carbocycles. The zero-order valence-corrected chi connectivity index (χ0v) is 13.2. The molecule has 0 saturated carbocycles. The Morgan fingerprint density at radius 2 is 1.96 bits per heavy atom. The highest BCUT2D eigenvalue weighted by molar-refractivity contribution is 6.28. The lowest BCUT2D eigenvalue weighted by molar-refractivity contribution is 0.413. The molecule has 0 amide bonds. The van der Waals surface area contributed by atoms with E-state index in [1.807, 2.05) is 18.2 Å². The first-order valence-corrected chi connectivity index (χ1v) is 7.39. The van der Waals surface area contributed by atoms with Gasteiger partial charge >= 0.3 is 0 Å². The summed E-state index contributed by atoms with van der Waals surface area (Å²) in [7, 11) is 1.64. The maximum absolute atomic E-state index is 5.75. The number of halogens is 1. The summed E-state index contributed by atoms with van der Waals surface area (Å²) in [6.07, 6.45) is 4.87. The minimum Gasteiger partial charge on any atom is -0.497 e. The fourth-order valence-electron chi connectivity index (χ4n) is 2.07. The quantitative estimate of drug-likeness (QED) is 0.676. The summed E-state index contributed by atoms with van der Waals surface area (Å²) in [6, 6.07) is 7.41. The van der Waals surface area contributed by atoms with E-state index in [9.17, 15) is 0 Å². The second-order valence-corrected chi connectivity index (χ2v) is 5.13. The monoisotopic (exact) mass is 330 g/mol. The van der Waals surface area contributed by atoms with Gasteiger partial charge in [-0.15, -0.1) is 0 Å². The van der Waals surface area contributed by atoms with Crippen LogP contribution < -0.4 is 10.1 Å². The number of nitrogens with one attached hydrogen (secondary N) is 2. The number of pyridine rings is 1. The van der Waals surface area contributed by atoms with Crippen molar-refractivity contribution in [2.75, 3.05) is 12.4 Å². The van der Waals surface area contributed by atoms with Crippen LogP contribution in [0.1, 0.15) is 11.4 Å². The Bertz CT molecular complexity index is 791. The summed E-state index contributed by atoms with van der Waals surface area (Å²) in [4.78, 5) is 12.2. The Morgan fingerprint density at radius 3 is 2.78 bits per heavy atom. The predicted octanol–water partition coefficient (Wildman–Crippen LogP) is 2.79. The van der Waals surface area contributed by atoms with Crippen molar-refractivity contribution >= 4 is 23.2 Å². The maximum Gasteiger partial charge on any atom is 0.224 e. The summed E-state index contributed by atoms with van der Waals surface area (Å²) in [5.41, 5.74) is 1.89. The van der Waals surface area contributed by atoms with Gasteiger partial charge in [0.2, 0.25) is 5.28 Å². The van der Waals surface area contributed by atoms with E-state index >= 15 is 0 Å². The van der Waals surface area contributed by atoms with Gasteiger partial charge < -0.3 is 10.1 Å². The molecule has 0 unspecified atom stereocenters. The molecule has 118 valence electrons. The standard InChI is InChI=1S/C15H15ClN6O/c1-23-12-4-6-17-10(8-12)2-3-11-9-14(22-21-11)19-13-5-7-18-15(16)20-13/h4-9H,2-3H2,1H3,(H2,18,19,20,21,22). The van der Waals surface area contributed by atoms with Crippen molar-refractivity contribution < 1.29 is 4.74 Å². The molecule has 7 nitrogen and oxygen atoms in total. The number of anilines is 2. The van der Waals surface area contributed by atoms with Gasteiger partial charge in [0.05, 0.1) is 12.8 Å². The summed E-state index contributed by atoms with van der Waals surface area (Å²) in [5, 5.41) is 10.5. The third-order valence-corrected chi connectivity index (χ3v) is 3.36. The van der Waals surface area contributed by atoms with Gasteiger partial charge in [-0.1, -0.05) is 0 Å². The number of aromatic amines is 1. The number of aryl methyl sites for hydroxylation is 2. The number of methoxy groups -OCH3 is 1. The van der Waals surface area contributed by atoms with Crippen molar-refractivity contribution in [3.8, 4) is 5.75 Å². The molecule has 23 heavy (non-hydrogen) atoms. The lowest BCUT2D eigenvalue weighted by Gasteiger charge is -2.02. The first-order valence-electron chi connectivity index (χ1n) is 7.02. The normalized spacial score (nSPS) is 10.5. The Kier molecular flexibility index (Phi) is 4.68. The average molecular weight is 331 g/mol. The van der Waals surface area contributed by atoms with Gasteiger partial charge in [0.25, 0.3) is 0 Å². The Labute approximate surface area is 138 Å².